The number of hydrogen-bond acceptors (Lipinski definition) is 4. The summed E-state index contributed by atoms with van der Waals surface area (Å²) in [5.74, 6) is 2.25. The first-order valence-corrected chi connectivity index (χ1v) is 9.51. The van der Waals surface area contributed by atoms with E-state index in [0.29, 0.717) is 23.7 Å². The van der Waals surface area contributed by atoms with E-state index in [4.69, 9.17) is 4.74 Å². The molecule has 132 valence electrons. The first-order chi connectivity index (χ1) is 11.2. The van der Waals surface area contributed by atoms with Crippen LogP contribution in [0.15, 0.2) is 0 Å². The molecule has 0 spiro atoms. The smallest absolute Gasteiger partial charge is 0.222 e. The molecule has 0 aromatic heterocycles. The molecule has 0 aromatic carbocycles. The molecule has 3 unspecified atom stereocenters. The molecule has 0 aliphatic carbocycles. The van der Waals surface area contributed by atoms with E-state index >= 15 is 0 Å². The van der Waals surface area contributed by atoms with Gasteiger partial charge in [-0.2, -0.15) is 0 Å². The van der Waals surface area contributed by atoms with E-state index in [1.54, 1.807) is 0 Å². The van der Waals surface area contributed by atoms with Gasteiger partial charge in [-0.1, -0.05) is 6.92 Å². The molecule has 1 N–H and O–H groups in total. The average molecular weight is 323 g/mol. The largest absolute Gasteiger partial charge is 0.381 e. The summed E-state index contributed by atoms with van der Waals surface area (Å²) in [6.07, 6.45) is 4.46. The summed E-state index contributed by atoms with van der Waals surface area (Å²) in [5.41, 5.74) is 0. The fourth-order valence-corrected chi connectivity index (χ4v) is 4.21. The zero-order valence-corrected chi connectivity index (χ0v) is 14.6. The van der Waals surface area contributed by atoms with Crippen molar-refractivity contribution in [1.29, 1.82) is 0 Å². The van der Waals surface area contributed by atoms with Crippen molar-refractivity contribution in [3.63, 3.8) is 0 Å². The van der Waals surface area contributed by atoms with E-state index < -0.39 is 0 Å². The van der Waals surface area contributed by atoms with Crippen molar-refractivity contribution in [1.82, 2.24) is 15.1 Å². The number of amides is 1. The fourth-order valence-electron chi connectivity index (χ4n) is 4.21. The normalized spacial score (nSPS) is 31.3. The third-order valence-electron chi connectivity index (χ3n) is 5.90. The molecule has 3 aliphatic rings. The van der Waals surface area contributed by atoms with Crippen molar-refractivity contribution in [2.24, 2.45) is 17.8 Å². The highest BCUT2D eigenvalue weighted by Crippen LogP contribution is 2.23. The molecule has 3 atom stereocenters. The van der Waals surface area contributed by atoms with Crippen molar-refractivity contribution in [3.8, 4) is 0 Å². The standard InChI is InChI=1S/C18H33N3O2/c1-15(17-3-2-5-19-12-17)11-18(22)21-8-6-20(7-9-21)13-16-4-10-23-14-16/h15-17,19H,2-14H2,1H3. The SMILES string of the molecule is CC(CC(=O)N1CCN(CC2CCOC2)CC1)C1CCCNC1. The summed E-state index contributed by atoms with van der Waals surface area (Å²) in [5, 5.41) is 3.47. The van der Waals surface area contributed by atoms with Gasteiger partial charge in [-0.05, 0) is 50.1 Å². The topological polar surface area (TPSA) is 44.8 Å². The van der Waals surface area contributed by atoms with Gasteiger partial charge < -0.3 is 15.0 Å². The lowest BCUT2D eigenvalue weighted by Crippen LogP contribution is -2.50. The third kappa shape index (κ3) is 4.91. The summed E-state index contributed by atoms with van der Waals surface area (Å²) in [6.45, 7) is 11.4. The molecular formula is C18H33N3O2. The maximum absolute atomic E-state index is 12.6. The molecular weight excluding hydrogens is 290 g/mol. The highest BCUT2D eigenvalue weighted by molar-refractivity contribution is 5.76. The van der Waals surface area contributed by atoms with Gasteiger partial charge in [-0.3, -0.25) is 9.69 Å². The quantitative estimate of drug-likeness (QED) is 0.826. The van der Waals surface area contributed by atoms with Gasteiger partial charge in [0.25, 0.3) is 0 Å². The fraction of sp³-hybridized carbons (Fsp3) is 0.944. The maximum atomic E-state index is 12.6. The van der Waals surface area contributed by atoms with Gasteiger partial charge in [0.15, 0.2) is 0 Å². The second-order valence-electron chi connectivity index (χ2n) is 7.70. The Morgan fingerprint density at radius 3 is 2.74 bits per heavy atom. The summed E-state index contributed by atoms with van der Waals surface area (Å²) in [6, 6.07) is 0. The predicted octanol–water partition coefficient (Wildman–Crippen LogP) is 1.19. The van der Waals surface area contributed by atoms with Crippen LogP contribution in [-0.4, -0.2) is 74.7 Å². The van der Waals surface area contributed by atoms with E-state index in [1.165, 1.54) is 19.3 Å². The number of nitrogens with one attached hydrogen (secondary N) is 1. The van der Waals surface area contributed by atoms with Gasteiger partial charge in [-0.25, -0.2) is 0 Å². The maximum Gasteiger partial charge on any atom is 0.222 e. The summed E-state index contributed by atoms with van der Waals surface area (Å²) < 4.78 is 5.46. The van der Waals surface area contributed by atoms with Crippen LogP contribution in [0.3, 0.4) is 0 Å². The van der Waals surface area contributed by atoms with Crippen LogP contribution in [0.25, 0.3) is 0 Å². The Kier molecular flexibility index (Phi) is 6.31. The first kappa shape index (κ1) is 17.2. The van der Waals surface area contributed by atoms with Crippen LogP contribution >= 0.6 is 0 Å². The van der Waals surface area contributed by atoms with Gasteiger partial charge in [0.2, 0.25) is 5.91 Å². The van der Waals surface area contributed by atoms with Crippen molar-refractivity contribution in [2.75, 3.05) is 59.0 Å². The number of carbonyl (C=O) groups excluding carboxylic acids is 1. The lowest BCUT2D eigenvalue weighted by atomic mass is 9.85. The molecule has 0 aromatic rings. The number of piperidine rings is 1. The summed E-state index contributed by atoms with van der Waals surface area (Å²) >= 11 is 0. The molecule has 3 saturated heterocycles. The molecule has 3 rings (SSSR count). The zero-order chi connectivity index (χ0) is 16.1. The molecule has 5 heteroatoms. The van der Waals surface area contributed by atoms with Crippen molar-refractivity contribution < 1.29 is 9.53 Å². The van der Waals surface area contributed by atoms with E-state index in [2.05, 4.69) is 22.0 Å². The van der Waals surface area contributed by atoms with Crippen LogP contribution in [0.1, 0.15) is 32.6 Å². The average Bonchev–Trinajstić information content (AvgIpc) is 3.09. The molecule has 23 heavy (non-hydrogen) atoms. The van der Waals surface area contributed by atoms with E-state index in [1.807, 2.05) is 0 Å². The second kappa shape index (κ2) is 8.45. The van der Waals surface area contributed by atoms with Crippen LogP contribution in [-0.2, 0) is 9.53 Å². The molecule has 3 heterocycles. The van der Waals surface area contributed by atoms with Gasteiger partial charge in [0, 0.05) is 45.8 Å². The van der Waals surface area contributed by atoms with Gasteiger partial charge >= 0.3 is 0 Å². The number of carbonyl (C=O) groups is 1. The van der Waals surface area contributed by atoms with Gasteiger partial charge in [0.05, 0.1) is 6.61 Å². The van der Waals surface area contributed by atoms with Gasteiger partial charge in [0.1, 0.15) is 0 Å². The van der Waals surface area contributed by atoms with Crippen LogP contribution in [0, 0.1) is 17.8 Å². The van der Waals surface area contributed by atoms with Crippen LogP contribution in [0.4, 0.5) is 0 Å². The number of rotatable bonds is 5. The Morgan fingerprint density at radius 2 is 2.09 bits per heavy atom. The number of nitrogens with zero attached hydrogens (tertiary/aromatic N) is 2. The zero-order valence-electron chi connectivity index (χ0n) is 14.6. The van der Waals surface area contributed by atoms with Crippen molar-refractivity contribution in [2.45, 2.75) is 32.6 Å². The van der Waals surface area contributed by atoms with Crippen molar-refractivity contribution in [3.05, 3.63) is 0 Å². The Balaban J connectivity index is 1.37. The summed E-state index contributed by atoms with van der Waals surface area (Å²) in [7, 11) is 0. The minimum absolute atomic E-state index is 0.368. The molecule has 3 fully saturated rings. The van der Waals surface area contributed by atoms with Crippen LogP contribution < -0.4 is 5.32 Å². The lowest BCUT2D eigenvalue weighted by molar-refractivity contribution is -0.134. The minimum Gasteiger partial charge on any atom is -0.381 e. The Labute approximate surface area is 140 Å². The van der Waals surface area contributed by atoms with Crippen LogP contribution in [0.5, 0.6) is 0 Å². The van der Waals surface area contributed by atoms with E-state index in [0.717, 1.165) is 65.4 Å². The molecule has 0 saturated carbocycles. The van der Waals surface area contributed by atoms with Crippen LogP contribution in [0.2, 0.25) is 0 Å². The molecule has 1 amide bonds. The van der Waals surface area contributed by atoms with Crippen molar-refractivity contribution >= 4 is 5.91 Å². The second-order valence-corrected chi connectivity index (χ2v) is 7.70. The monoisotopic (exact) mass is 323 g/mol. The Morgan fingerprint density at radius 1 is 1.26 bits per heavy atom. The third-order valence-corrected chi connectivity index (χ3v) is 5.90. The summed E-state index contributed by atoms with van der Waals surface area (Å²) in [4.78, 5) is 17.2. The highest BCUT2D eigenvalue weighted by atomic mass is 16.5. The van der Waals surface area contributed by atoms with E-state index in [-0.39, 0.29) is 0 Å². The Hall–Kier alpha value is -0.650. The minimum atomic E-state index is 0.368. The molecule has 5 nitrogen and oxygen atoms in total. The number of piperazine rings is 1. The Bertz CT molecular complexity index is 370. The number of hydrogen-bond donors (Lipinski definition) is 1. The van der Waals surface area contributed by atoms with Gasteiger partial charge in [-0.15, -0.1) is 0 Å². The molecule has 0 radical (unpaired) electrons. The first-order valence-electron chi connectivity index (χ1n) is 9.51. The predicted molar refractivity (Wildman–Crippen MR) is 91.3 cm³/mol. The highest BCUT2D eigenvalue weighted by Gasteiger charge is 2.27. The molecule has 0 bridgehead atoms. The molecule has 3 aliphatic heterocycles. The number of ether oxygens (including phenoxy) is 1. The lowest BCUT2D eigenvalue weighted by Gasteiger charge is -2.37. The van der Waals surface area contributed by atoms with E-state index in [9.17, 15) is 4.79 Å².